The van der Waals surface area contributed by atoms with Crippen LogP contribution in [0.5, 0.6) is 0 Å². The van der Waals surface area contributed by atoms with Gasteiger partial charge in [-0.05, 0) is 0 Å². The molecule has 0 aromatic carbocycles. The van der Waals surface area contributed by atoms with Crippen molar-refractivity contribution in [1.82, 2.24) is 0 Å². The average Bonchev–Trinajstić information content (AvgIpc) is 1.30. The summed E-state index contributed by atoms with van der Waals surface area (Å²) in [6, 6.07) is 0. The summed E-state index contributed by atoms with van der Waals surface area (Å²) >= 11 is 0. The monoisotopic (exact) mass is 229 g/mol. The second-order valence-corrected chi connectivity index (χ2v) is 2.90. The average molecular weight is 230 g/mol. The molecule has 0 heterocycles. The molecule has 0 aliphatic rings. The predicted molar refractivity (Wildman–Crippen MR) is 28.7 cm³/mol. The van der Waals surface area contributed by atoms with Gasteiger partial charge in [0.15, 0.2) is 0 Å². The Hall–Kier alpha value is 0.650. The van der Waals surface area contributed by atoms with Crippen LogP contribution < -0.4 is 0 Å². The zero-order valence-corrected chi connectivity index (χ0v) is 6.98. The summed E-state index contributed by atoms with van der Waals surface area (Å²) in [7, 11) is -3.05. The smallest absolute Gasteiger partial charge is 0.549 e. The Morgan fingerprint density at radius 1 is 1.50 bits per heavy atom. The second-order valence-electron chi connectivity index (χ2n) is 1.18. The normalized spacial score (nSPS) is 10.2. The Labute approximate surface area is 65.4 Å². The molecular formula is C3H8AgNO2S. The topological polar surface area (TPSA) is 48.2 Å². The van der Waals surface area contributed by atoms with Crippen molar-refractivity contribution in [1.29, 1.82) is 0 Å². The van der Waals surface area contributed by atoms with Gasteiger partial charge in [-0.15, -0.1) is 6.54 Å². The van der Waals surface area contributed by atoms with E-state index in [1.807, 2.05) is 0 Å². The van der Waals surface area contributed by atoms with E-state index in [1.54, 1.807) is 6.92 Å². The minimum atomic E-state index is -3.05. The van der Waals surface area contributed by atoms with Gasteiger partial charge in [-0.1, -0.05) is 6.92 Å². The fourth-order valence-electron chi connectivity index (χ4n) is 0.235. The summed E-state index contributed by atoms with van der Waals surface area (Å²) in [5.41, 5.74) is 0. The van der Waals surface area contributed by atoms with E-state index in [4.69, 9.17) is 0 Å². The molecule has 0 saturated heterocycles. The van der Waals surface area contributed by atoms with Gasteiger partial charge in [0.1, 0.15) is 0 Å². The Balaban J connectivity index is 0. The SMILES string of the molecule is CC[N-]S(C)(=O)=O.[Ag+]. The van der Waals surface area contributed by atoms with E-state index in [-0.39, 0.29) is 22.4 Å². The standard InChI is InChI=1S/C3H8NO2S.Ag/c1-3-4-7(2,5)6;/h3H2,1-2H3;/q-1;+1. The van der Waals surface area contributed by atoms with Crippen LogP contribution in [0.15, 0.2) is 0 Å². The molecule has 0 aromatic heterocycles. The van der Waals surface area contributed by atoms with Crippen LogP contribution in [0.1, 0.15) is 6.92 Å². The molecule has 54 valence electrons. The van der Waals surface area contributed by atoms with Gasteiger partial charge >= 0.3 is 22.4 Å². The molecule has 0 amide bonds. The first-order chi connectivity index (χ1) is 3.06. The zero-order chi connectivity index (χ0) is 5.91. The maximum atomic E-state index is 10.1. The molecule has 0 rings (SSSR count). The van der Waals surface area contributed by atoms with Crippen molar-refractivity contribution in [3.63, 3.8) is 0 Å². The van der Waals surface area contributed by atoms with Crippen molar-refractivity contribution < 1.29 is 30.8 Å². The van der Waals surface area contributed by atoms with Crippen LogP contribution in [0.4, 0.5) is 0 Å². The van der Waals surface area contributed by atoms with Crippen molar-refractivity contribution in [3.05, 3.63) is 4.72 Å². The first kappa shape index (κ1) is 11.4. The Morgan fingerprint density at radius 2 is 1.88 bits per heavy atom. The Bertz CT molecular complexity index is 130. The third-order valence-corrected chi connectivity index (χ3v) is 1.09. The van der Waals surface area contributed by atoms with E-state index in [0.29, 0.717) is 6.54 Å². The van der Waals surface area contributed by atoms with Crippen LogP contribution in [0, 0.1) is 0 Å². The van der Waals surface area contributed by atoms with Crippen molar-refractivity contribution in [2.75, 3.05) is 12.8 Å². The third-order valence-electron chi connectivity index (χ3n) is 0.364. The van der Waals surface area contributed by atoms with Crippen LogP contribution in [0.3, 0.4) is 0 Å². The van der Waals surface area contributed by atoms with Crippen molar-refractivity contribution in [2.45, 2.75) is 6.92 Å². The molecule has 0 bridgehead atoms. The molecule has 0 aliphatic carbocycles. The van der Waals surface area contributed by atoms with Crippen LogP contribution in [-0.4, -0.2) is 21.2 Å². The number of rotatable bonds is 2. The Morgan fingerprint density at radius 3 is 1.88 bits per heavy atom. The molecule has 0 unspecified atom stereocenters. The van der Waals surface area contributed by atoms with Crippen molar-refractivity contribution in [3.8, 4) is 0 Å². The van der Waals surface area contributed by atoms with E-state index in [1.165, 1.54) is 0 Å². The molecule has 3 nitrogen and oxygen atoms in total. The van der Waals surface area contributed by atoms with Crippen molar-refractivity contribution in [2.24, 2.45) is 0 Å². The molecule has 8 heavy (non-hydrogen) atoms. The minimum Gasteiger partial charge on any atom is -0.549 e. The van der Waals surface area contributed by atoms with Gasteiger partial charge in [-0.25, -0.2) is 8.42 Å². The number of hydrogen-bond acceptors (Lipinski definition) is 2. The van der Waals surface area contributed by atoms with Gasteiger partial charge in [0.05, 0.1) is 10.0 Å². The summed E-state index contributed by atoms with van der Waals surface area (Å²) in [5, 5.41) is 0. The summed E-state index contributed by atoms with van der Waals surface area (Å²) < 4.78 is 23.4. The Kier molecular flexibility index (Phi) is 6.47. The predicted octanol–water partition coefficient (Wildman–Crippen LogP) is 0.337. The van der Waals surface area contributed by atoms with E-state index in [2.05, 4.69) is 4.72 Å². The third kappa shape index (κ3) is 9.82. The van der Waals surface area contributed by atoms with Crippen molar-refractivity contribution >= 4 is 10.0 Å². The fourth-order valence-corrected chi connectivity index (χ4v) is 0.704. The minimum absolute atomic E-state index is 0. The molecule has 5 heteroatoms. The maximum absolute atomic E-state index is 10.1. The molecule has 0 spiro atoms. The first-order valence-corrected chi connectivity index (χ1v) is 3.80. The van der Waals surface area contributed by atoms with E-state index in [0.717, 1.165) is 6.26 Å². The second kappa shape index (κ2) is 4.52. The van der Waals surface area contributed by atoms with Gasteiger partial charge in [0.25, 0.3) is 0 Å². The summed E-state index contributed by atoms with van der Waals surface area (Å²) in [6.07, 6.45) is 1.08. The summed E-state index contributed by atoms with van der Waals surface area (Å²) in [4.78, 5) is 0. The quantitative estimate of drug-likeness (QED) is 0.642. The van der Waals surface area contributed by atoms with E-state index >= 15 is 0 Å². The number of hydrogen-bond donors (Lipinski definition) is 0. The molecule has 0 atom stereocenters. The molecular weight excluding hydrogens is 222 g/mol. The van der Waals surface area contributed by atoms with Crippen LogP contribution >= 0.6 is 0 Å². The first-order valence-electron chi connectivity index (χ1n) is 1.95. The molecule has 0 saturated carbocycles. The molecule has 0 radical (unpaired) electrons. The molecule has 0 aromatic rings. The van der Waals surface area contributed by atoms with E-state index < -0.39 is 10.0 Å². The summed E-state index contributed by atoms with van der Waals surface area (Å²) in [5.74, 6) is 0. The van der Waals surface area contributed by atoms with Gasteiger partial charge in [-0.2, -0.15) is 0 Å². The summed E-state index contributed by atoms with van der Waals surface area (Å²) in [6.45, 7) is 2.03. The number of sulfonamides is 1. The largest absolute Gasteiger partial charge is 1.00 e. The molecule has 0 N–H and O–H groups in total. The van der Waals surface area contributed by atoms with Gasteiger partial charge in [0.2, 0.25) is 0 Å². The molecule has 0 aliphatic heterocycles. The van der Waals surface area contributed by atoms with Crippen LogP contribution in [-0.2, 0) is 32.4 Å². The van der Waals surface area contributed by atoms with Crippen LogP contribution in [0.25, 0.3) is 4.72 Å². The van der Waals surface area contributed by atoms with E-state index in [9.17, 15) is 8.42 Å². The maximum Gasteiger partial charge on any atom is 1.00 e. The van der Waals surface area contributed by atoms with Gasteiger partial charge in [-0.3, -0.25) is 0 Å². The number of nitrogens with zero attached hydrogens (tertiary/aromatic N) is 1. The van der Waals surface area contributed by atoms with Crippen LogP contribution in [0.2, 0.25) is 0 Å². The van der Waals surface area contributed by atoms with Gasteiger partial charge < -0.3 is 4.72 Å². The molecule has 0 fully saturated rings. The zero-order valence-electron chi connectivity index (χ0n) is 4.68. The fraction of sp³-hybridized carbons (Fsp3) is 1.00. The van der Waals surface area contributed by atoms with Gasteiger partial charge in [0, 0.05) is 6.26 Å².